The lowest BCUT2D eigenvalue weighted by molar-refractivity contribution is 0.207. The Labute approximate surface area is 135 Å². The van der Waals surface area contributed by atoms with Gasteiger partial charge in [0.2, 0.25) is 0 Å². The zero-order valence-corrected chi connectivity index (χ0v) is 13.9. The van der Waals surface area contributed by atoms with Crippen LogP contribution in [0.1, 0.15) is 51.4 Å². The van der Waals surface area contributed by atoms with E-state index in [1.165, 1.54) is 71.0 Å². The van der Waals surface area contributed by atoms with Crippen LogP contribution in [0.5, 0.6) is 0 Å². The summed E-state index contributed by atoms with van der Waals surface area (Å²) >= 11 is 0. The van der Waals surface area contributed by atoms with Crippen molar-refractivity contribution < 1.29 is 0 Å². The summed E-state index contributed by atoms with van der Waals surface area (Å²) < 4.78 is 0. The summed E-state index contributed by atoms with van der Waals surface area (Å²) in [6, 6.07) is 1.35. The molecule has 0 bridgehead atoms. The highest BCUT2D eigenvalue weighted by molar-refractivity contribution is 5.09. The van der Waals surface area contributed by atoms with Crippen LogP contribution in [0.25, 0.3) is 0 Å². The van der Waals surface area contributed by atoms with Gasteiger partial charge in [0.15, 0.2) is 0 Å². The molecule has 0 aromatic heterocycles. The Balaban J connectivity index is 1.38. The third-order valence-electron chi connectivity index (χ3n) is 6.67. The SMILES string of the molecule is C1CCNC2CNC3NC3C2CNCC2CCCCC2CC1. The molecule has 3 aliphatic heterocycles. The van der Waals surface area contributed by atoms with Crippen molar-refractivity contribution in [1.29, 1.82) is 0 Å². The molecule has 6 unspecified atom stereocenters. The Morgan fingerprint density at radius 2 is 1.50 bits per heavy atom. The highest BCUT2D eigenvalue weighted by Crippen LogP contribution is 2.34. The van der Waals surface area contributed by atoms with Crippen molar-refractivity contribution in [3.8, 4) is 0 Å². The fraction of sp³-hybridized carbons (Fsp3) is 1.00. The lowest BCUT2D eigenvalue weighted by Gasteiger charge is -2.34. The summed E-state index contributed by atoms with van der Waals surface area (Å²) in [5, 5.41) is 15.0. The number of fused-ring (bicyclic) bond motifs is 4. The Morgan fingerprint density at radius 3 is 2.41 bits per heavy atom. The standard InChI is InChI=1S/C18H34N4/c1-2-6-13-7-3-4-8-14(13)10-19-11-15-16(20-9-5-1)12-21-18-17(15)22-18/h13-22H,1-12H2. The molecule has 6 atom stereocenters. The smallest absolute Gasteiger partial charge is 0.0738 e. The molecule has 22 heavy (non-hydrogen) atoms. The Bertz CT molecular complexity index is 361. The highest BCUT2D eigenvalue weighted by Gasteiger charge is 2.48. The van der Waals surface area contributed by atoms with E-state index in [1.54, 1.807) is 0 Å². The quantitative estimate of drug-likeness (QED) is 0.512. The Kier molecular flexibility index (Phi) is 5.01. The molecule has 4 rings (SSSR count). The second-order valence-electron chi connectivity index (χ2n) is 8.12. The number of rotatable bonds is 0. The van der Waals surface area contributed by atoms with Crippen molar-refractivity contribution in [2.75, 3.05) is 26.2 Å². The van der Waals surface area contributed by atoms with Crippen LogP contribution in [0.4, 0.5) is 0 Å². The number of nitrogens with one attached hydrogen (secondary N) is 4. The van der Waals surface area contributed by atoms with E-state index < -0.39 is 0 Å². The first-order valence-corrected chi connectivity index (χ1v) is 9.85. The molecule has 3 heterocycles. The van der Waals surface area contributed by atoms with Gasteiger partial charge < -0.3 is 10.6 Å². The van der Waals surface area contributed by atoms with Crippen LogP contribution in [-0.2, 0) is 0 Å². The maximum absolute atomic E-state index is 3.87. The van der Waals surface area contributed by atoms with Crippen molar-refractivity contribution in [2.45, 2.75) is 69.6 Å². The third kappa shape index (κ3) is 3.50. The summed E-state index contributed by atoms with van der Waals surface area (Å²) in [5.74, 6) is 2.71. The summed E-state index contributed by atoms with van der Waals surface area (Å²) in [7, 11) is 0. The molecule has 4 aliphatic rings. The number of hydrogen-bond donors (Lipinski definition) is 4. The second kappa shape index (κ2) is 7.16. The predicted octanol–water partition coefficient (Wildman–Crippen LogP) is 1.43. The first-order chi connectivity index (χ1) is 10.9. The molecule has 0 aromatic rings. The molecule has 0 radical (unpaired) electrons. The van der Waals surface area contributed by atoms with E-state index >= 15 is 0 Å². The molecule has 4 fully saturated rings. The van der Waals surface area contributed by atoms with Gasteiger partial charge in [-0.25, -0.2) is 0 Å². The summed E-state index contributed by atoms with van der Waals surface area (Å²) in [4.78, 5) is 0. The lowest BCUT2D eigenvalue weighted by Crippen LogP contribution is -2.54. The van der Waals surface area contributed by atoms with Crippen molar-refractivity contribution in [3.63, 3.8) is 0 Å². The summed E-state index contributed by atoms with van der Waals surface area (Å²) in [5.41, 5.74) is 0. The fourth-order valence-corrected chi connectivity index (χ4v) is 5.22. The van der Waals surface area contributed by atoms with Crippen LogP contribution in [0, 0.1) is 17.8 Å². The van der Waals surface area contributed by atoms with Gasteiger partial charge in [-0.2, -0.15) is 0 Å². The average Bonchev–Trinajstić information content (AvgIpc) is 3.32. The first-order valence-electron chi connectivity index (χ1n) is 9.85. The molecular weight excluding hydrogens is 272 g/mol. The minimum absolute atomic E-state index is 0.600. The molecule has 0 spiro atoms. The second-order valence-corrected chi connectivity index (χ2v) is 8.12. The third-order valence-corrected chi connectivity index (χ3v) is 6.67. The van der Waals surface area contributed by atoms with Crippen LogP contribution in [0.2, 0.25) is 0 Å². The first kappa shape index (κ1) is 15.4. The number of hydrogen-bond acceptors (Lipinski definition) is 4. The molecule has 1 aliphatic carbocycles. The van der Waals surface area contributed by atoms with Gasteiger partial charge in [-0.3, -0.25) is 10.6 Å². The lowest BCUT2D eigenvalue weighted by atomic mass is 9.76. The normalized spacial score (nSPS) is 46.9. The van der Waals surface area contributed by atoms with E-state index in [0.717, 1.165) is 24.3 Å². The zero-order valence-electron chi connectivity index (χ0n) is 13.9. The number of piperidine rings is 1. The van der Waals surface area contributed by atoms with Crippen molar-refractivity contribution in [3.05, 3.63) is 0 Å². The van der Waals surface area contributed by atoms with Gasteiger partial charge in [-0.15, -0.1) is 0 Å². The molecule has 0 amide bonds. The maximum Gasteiger partial charge on any atom is 0.0738 e. The van der Waals surface area contributed by atoms with E-state index in [-0.39, 0.29) is 0 Å². The van der Waals surface area contributed by atoms with Gasteiger partial charge in [0.25, 0.3) is 0 Å². The minimum atomic E-state index is 0.600. The molecule has 4 N–H and O–H groups in total. The fourth-order valence-electron chi connectivity index (χ4n) is 5.22. The van der Waals surface area contributed by atoms with Gasteiger partial charge in [0.1, 0.15) is 0 Å². The van der Waals surface area contributed by atoms with E-state index in [2.05, 4.69) is 21.3 Å². The van der Waals surface area contributed by atoms with Crippen LogP contribution in [0.3, 0.4) is 0 Å². The maximum atomic E-state index is 3.87. The molecule has 0 aromatic carbocycles. The molecule has 4 nitrogen and oxygen atoms in total. The van der Waals surface area contributed by atoms with E-state index in [0.29, 0.717) is 18.2 Å². The minimum Gasteiger partial charge on any atom is -0.316 e. The zero-order chi connectivity index (χ0) is 14.8. The van der Waals surface area contributed by atoms with Gasteiger partial charge in [0, 0.05) is 31.1 Å². The van der Waals surface area contributed by atoms with Crippen LogP contribution < -0.4 is 21.3 Å². The van der Waals surface area contributed by atoms with E-state index in [9.17, 15) is 0 Å². The van der Waals surface area contributed by atoms with Crippen molar-refractivity contribution in [1.82, 2.24) is 21.3 Å². The van der Waals surface area contributed by atoms with Gasteiger partial charge in [-0.1, -0.05) is 38.5 Å². The van der Waals surface area contributed by atoms with E-state index in [1.807, 2.05) is 0 Å². The van der Waals surface area contributed by atoms with Crippen LogP contribution in [-0.4, -0.2) is 44.4 Å². The van der Waals surface area contributed by atoms with Crippen molar-refractivity contribution in [2.24, 2.45) is 17.8 Å². The molecule has 3 saturated heterocycles. The summed E-state index contributed by atoms with van der Waals surface area (Å²) in [6.45, 7) is 4.79. The molecule has 4 heteroatoms. The molecule has 126 valence electrons. The monoisotopic (exact) mass is 306 g/mol. The van der Waals surface area contributed by atoms with E-state index in [4.69, 9.17) is 0 Å². The largest absolute Gasteiger partial charge is 0.316 e. The van der Waals surface area contributed by atoms with Crippen molar-refractivity contribution >= 4 is 0 Å². The average molecular weight is 306 g/mol. The summed E-state index contributed by atoms with van der Waals surface area (Å²) in [6.07, 6.45) is 12.2. The van der Waals surface area contributed by atoms with Crippen LogP contribution in [0.15, 0.2) is 0 Å². The highest BCUT2D eigenvalue weighted by atomic mass is 15.3. The Morgan fingerprint density at radius 1 is 0.682 bits per heavy atom. The predicted molar refractivity (Wildman–Crippen MR) is 90.8 cm³/mol. The van der Waals surface area contributed by atoms with Crippen LogP contribution >= 0.6 is 0 Å². The molecular formula is C18H34N4. The van der Waals surface area contributed by atoms with Gasteiger partial charge in [-0.05, 0) is 37.8 Å². The topological polar surface area (TPSA) is 58.0 Å². The molecule has 1 saturated carbocycles. The Hall–Kier alpha value is -0.160. The van der Waals surface area contributed by atoms with Gasteiger partial charge >= 0.3 is 0 Å². The van der Waals surface area contributed by atoms with Gasteiger partial charge in [0.05, 0.1) is 6.17 Å².